The first kappa shape index (κ1) is 24.6. The molecule has 3 rings (SSSR count). The number of carbonyl (C=O) groups excluding carboxylic acids is 2. The second kappa shape index (κ2) is 9.87. The van der Waals surface area contributed by atoms with Crippen molar-refractivity contribution in [2.45, 2.75) is 58.1 Å². The zero-order chi connectivity index (χ0) is 19.6. The minimum Gasteiger partial charge on any atom is -0.434 e. The Bertz CT molecular complexity index is 779. The summed E-state index contributed by atoms with van der Waals surface area (Å²) in [5, 5.41) is 3.11. The topological polar surface area (TPSA) is 137 Å². The van der Waals surface area contributed by atoms with Gasteiger partial charge in [-0.05, 0) is 57.6 Å². The molecule has 0 bridgehead atoms. The number of carbonyl (C=O) groups is 2. The lowest BCUT2D eigenvalue weighted by molar-refractivity contribution is -0.116. The van der Waals surface area contributed by atoms with E-state index < -0.39 is 11.7 Å². The minimum atomic E-state index is -0.778. The predicted octanol–water partition coefficient (Wildman–Crippen LogP) is 2.00. The van der Waals surface area contributed by atoms with Crippen molar-refractivity contribution in [2.24, 2.45) is 0 Å². The van der Waals surface area contributed by atoms with Crippen molar-refractivity contribution in [1.29, 1.82) is 0 Å². The lowest BCUT2D eigenvalue weighted by Crippen LogP contribution is -2.49. The Morgan fingerprint density at radius 1 is 1.21 bits per heavy atom. The zero-order valence-corrected chi connectivity index (χ0v) is 17.4. The van der Waals surface area contributed by atoms with Crippen LogP contribution in [0.4, 0.5) is 4.79 Å². The molecular formula is C21H31NO7. The quantitative estimate of drug-likeness (QED) is 0.758. The fourth-order valence-corrected chi connectivity index (χ4v) is 3.98. The molecule has 1 aromatic rings. The number of hydrogen-bond acceptors (Lipinski definition) is 5. The van der Waals surface area contributed by atoms with Gasteiger partial charge in [0.1, 0.15) is 5.76 Å². The molecule has 8 nitrogen and oxygen atoms in total. The van der Waals surface area contributed by atoms with E-state index in [1.165, 1.54) is 0 Å². The first-order valence-electron chi connectivity index (χ1n) is 9.42. The SMILES string of the molecule is CCOC(=O)OC1=C(c2cc(C)ccc2C)C(=O)NC12CCC(OC)CC2.O.O. The largest absolute Gasteiger partial charge is 0.513 e. The molecule has 0 radical (unpaired) electrons. The molecule has 0 saturated heterocycles. The highest BCUT2D eigenvalue weighted by Crippen LogP contribution is 2.44. The van der Waals surface area contributed by atoms with Gasteiger partial charge < -0.3 is 30.5 Å². The second-order valence-corrected chi connectivity index (χ2v) is 7.28. The van der Waals surface area contributed by atoms with Gasteiger partial charge in [-0.1, -0.05) is 23.8 Å². The van der Waals surface area contributed by atoms with Crippen molar-refractivity contribution in [3.05, 3.63) is 40.6 Å². The smallest absolute Gasteiger partial charge is 0.434 e. The van der Waals surface area contributed by atoms with Crippen LogP contribution in [0.15, 0.2) is 24.0 Å². The van der Waals surface area contributed by atoms with E-state index in [1.54, 1.807) is 14.0 Å². The average molecular weight is 409 g/mol. The van der Waals surface area contributed by atoms with Gasteiger partial charge in [-0.15, -0.1) is 0 Å². The third-order valence-electron chi connectivity index (χ3n) is 5.47. The Morgan fingerprint density at radius 2 is 1.86 bits per heavy atom. The number of nitrogens with one attached hydrogen (secondary N) is 1. The second-order valence-electron chi connectivity index (χ2n) is 7.28. The van der Waals surface area contributed by atoms with Crippen LogP contribution >= 0.6 is 0 Å². The van der Waals surface area contributed by atoms with Crippen LogP contribution in [-0.4, -0.2) is 48.4 Å². The van der Waals surface area contributed by atoms with Crippen molar-refractivity contribution in [2.75, 3.05) is 13.7 Å². The molecule has 1 heterocycles. The summed E-state index contributed by atoms with van der Waals surface area (Å²) < 4.78 is 16.1. The van der Waals surface area contributed by atoms with E-state index in [4.69, 9.17) is 14.2 Å². The molecule has 1 amide bonds. The number of ether oxygens (including phenoxy) is 3. The highest BCUT2D eigenvalue weighted by molar-refractivity contribution is 6.23. The third kappa shape index (κ3) is 4.77. The molecule has 0 unspecified atom stereocenters. The number of hydrogen-bond donors (Lipinski definition) is 1. The number of benzene rings is 1. The van der Waals surface area contributed by atoms with Crippen LogP contribution in [0.1, 0.15) is 49.3 Å². The van der Waals surface area contributed by atoms with Crippen molar-refractivity contribution >= 4 is 17.6 Å². The lowest BCUT2D eigenvalue weighted by atomic mass is 9.79. The standard InChI is InChI=1S/C21H27NO5.2H2O/c1-5-26-20(24)27-18-17(16-12-13(2)6-7-14(16)3)19(23)22-21(18)10-8-15(25-4)9-11-21;;/h6-7,12,15H,5,8-11H2,1-4H3,(H,22,23);2*1H2. The molecule has 1 saturated carbocycles. The molecule has 0 aromatic heterocycles. The normalized spacial score (nSPS) is 23.2. The van der Waals surface area contributed by atoms with E-state index in [0.717, 1.165) is 29.5 Å². The summed E-state index contributed by atoms with van der Waals surface area (Å²) in [5.41, 5.74) is 2.52. The predicted molar refractivity (Wildman–Crippen MR) is 108 cm³/mol. The molecule has 1 aliphatic heterocycles. The Kier molecular flexibility index (Phi) is 8.37. The number of methoxy groups -OCH3 is 1. The highest BCUT2D eigenvalue weighted by atomic mass is 16.7. The molecule has 1 spiro atoms. The first-order valence-corrected chi connectivity index (χ1v) is 9.42. The van der Waals surface area contributed by atoms with E-state index >= 15 is 0 Å². The Labute approximate surface area is 170 Å². The van der Waals surface area contributed by atoms with Gasteiger partial charge in [-0.2, -0.15) is 0 Å². The minimum absolute atomic E-state index is 0. The van der Waals surface area contributed by atoms with Gasteiger partial charge in [-0.25, -0.2) is 4.79 Å². The summed E-state index contributed by atoms with van der Waals surface area (Å²) in [6.45, 7) is 5.86. The van der Waals surface area contributed by atoms with Crippen molar-refractivity contribution in [3.8, 4) is 0 Å². The van der Waals surface area contributed by atoms with Crippen LogP contribution in [0.3, 0.4) is 0 Å². The molecule has 5 N–H and O–H groups in total. The van der Waals surface area contributed by atoms with E-state index in [-0.39, 0.29) is 29.6 Å². The van der Waals surface area contributed by atoms with Gasteiger partial charge in [0.2, 0.25) is 0 Å². The van der Waals surface area contributed by atoms with E-state index in [2.05, 4.69) is 5.32 Å². The Morgan fingerprint density at radius 3 is 2.45 bits per heavy atom. The molecule has 1 aromatic carbocycles. The molecular weight excluding hydrogens is 378 g/mol. The summed E-state index contributed by atoms with van der Waals surface area (Å²) >= 11 is 0. The number of amides is 1. The molecule has 162 valence electrons. The summed E-state index contributed by atoms with van der Waals surface area (Å²) in [5.74, 6) is 0.174. The zero-order valence-electron chi connectivity index (χ0n) is 17.4. The summed E-state index contributed by atoms with van der Waals surface area (Å²) in [7, 11) is 1.70. The maximum absolute atomic E-state index is 13.0. The van der Waals surface area contributed by atoms with Crippen LogP contribution in [-0.2, 0) is 19.0 Å². The lowest BCUT2D eigenvalue weighted by Gasteiger charge is -2.37. The van der Waals surface area contributed by atoms with Crippen molar-refractivity contribution < 1.29 is 34.8 Å². The summed E-state index contributed by atoms with van der Waals surface area (Å²) in [6, 6.07) is 5.93. The van der Waals surface area contributed by atoms with Crippen molar-refractivity contribution in [1.82, 2.24) is 5.32 Å². The fraction of sp³-hybridized carbons (Fsp3) is 0.524. The van der Waals surface area contributed by atoms with Crippen LogP contribution < -0.4 is 5.32 Å². The van der Waals surface area contributed by atoms with Crippen molar-refractivity contribution in [3.63, 3.8) is 0 Å². The summed E-state index contributed by atoms with van der Waals surface area (Å²) in [6.07, 6.45) is 2.25. The van der Waals surface area contributed by atoms with Crippen LogP contribution in [0.2, 0.25) is 0 Å². The van der Waals surface area contributed by atoms with Gasteiger partial charge in [0, 0.05) is 7.11 Å². The molecule has 2 aliphatic rings. The van der Waals surface area contributed by atoms with E-state index in [0.29, 0.717) is 24.2 Å². The maximum Gasteiger partial charge on any atom is 0.513 e. The fourth-order valence-electron chi connectivity index (χ4n) is 3.98. The van der Waals surface area contributed by atoms with Gasteiger partial charge in [0.05, 0.1) is 23.8 Å². The van der Waals surface area contributed by atoms with Crippen LogP contribution in [0.5, 0.6) is 0 Å². The molecule has 1 fully saturated rings. The molecule has 8 heteroatoms. The Hall–Kier alpha value is -2.42. The van der Waals surface area contributed by atoms with Gasteiger partial charge >= 0.3 is 6.16 Å². The van der Waals surface area contributed by atoms with E-state index in [1.807, 2.05) is 32.0 Å². The highest BCUT2D eigenvalue weighted by Gasteiger charge is 2.50. The molecule has 0 atom stereocenters. The van der Waals surface area contributed by atoms with Gasteiger partial charge in [0.15, 0.2) is 0 Å². The number of aryl methyl sites for hydroxylation is 2. The summed E-state index contributed by atoms with van der Waals surface area (Å²) in [4.78, 5) is 25.1. The monoisotopic (exact) mass is 409 g/mol. The van der Waals surface area contributed by atoms with Gasteiger partial charge in [0.25, 0.3) is 5.91 Å². The average Bonchev–Trinajstić information content (AvgIpc) is 2.89. The molecule has 29 heavy (non-hydrogen) atoms. The van der Waals surface area contributed by atoms with Gasteiger partial charge in [-0.3, -0.25) is 4.79 Å². The maximum atomic E-state index is 13.0. The molecule has 1 aliphatic carbocycles. The van der Waals surface area contributed by atoms with E-state index in [9.17, 15) is 9.59 Å². The van der Waals surface area contributed by atoms with Crippen LogP contribution in [0, 0.1) is 13.8 Å². The number of rotatable bonds is 4. The van der Waals surface area contributed by atoms with Crippen LogP contribution in [0.25, 0.3) is 5.57 Å². The Balaban J connectivity index is 0.00000210. The third-order valence-corrected chi connectivity index (χ3v) is 5.47. The first-order chi connectivity index (χ1) is 12.9.